The Bertz CT molecular complexity index is 2660. The van der Waals surface area contributed by atoms with Crippen molar-refractivity contribution in [2.45, 2.75) is 68.6 Å². The molecule has 5 atom stereocenters. The zero-order valence-electron chi connectivity index (χ0n) is 30.2. The van der Waals surface area contributed by atoms with E-state index >= 15 is 0 Å². The summed E-state index contributed by atoms with van der Waals surface area (Å²) >= 11 is 1.93. The highest BCUT2D eigenvalue weighted by Gasteiger charge is 2.62. The second kappa shape index (κ2) is 10.5. The molecule has 2 heteroatoms. The van der Waals surface area contributed by atoms with E-state index in [1.54, 1.807) is 22.3 Å². The molecule has 2 spiro atoms. The Balaban J connectivity index is 1.08. The SMILES string of the molecule is c1ccc2c(c1)-c1ccc(N(c3ccc4c(c3)C3(c5ccccc5-4)C4CCC5CC3CC5C4)c3cccc4sc5ccccc5c34)cc1C21CCCC1. The zero-order chi connectivity index (χ0) is 34.5. The molecule has 53 heavy (non-hydrogen) atoms. The molecule has 7 aromatic rings. The number of rotatable bonds is 3. The highest BCUT2D eigenvalue weighted by Crippen LogP contribution is 2.70. The van der Waals surface area contributed by atoms with Crippen molar-refractivity contribution in [1.82, 2.24) is 0 Å². The van der Waals surface area contributed by atoms with Crippen LogP contribution in [0.3, 0.4) is 0 Å². The highest BCUT2D eigenvalue weighted by molar-refractivity contribution is 7.26. The average molecular weight is 702 g/mol. The minimum absolute atomic E-state index is 0.123. The summed E-state index contributed by atoms with van der Waals surface area (Å²) < 4.78 is 2.72. The summed E-state index contributed by atoms with van der Waals surface area (Å²) in [6.45, 7) is 0. The smallest absolute Gasteiger partial charge is 0.0554 e. The van der Waals surface area contributed by atoms with Crippen LogP contribution >= 0.6 is 11.3 Å². The Morgan fingerprint density at radius 2 is 1.15 bits per heavy atom. The van der Waals surface area contributed by atoms with Crippen molar-refractivity contribution < 1.29 is 0 Å². The summed E-state index contributed by atoms with van der Waals surface area (Å²) in [5, 5.41) is 2.74. The summed E-state index contributed by atoms with van der Waals surface area (Å²) in [6.07, 6.45) is 12.2. The number of nitrogens with zero attached hydrogens (tertiary/aromatic N) is 1. The third kappa shape index (κ3) is 3.69. The molecule has 1 nitrogen and oxygen atoms in total. The molecule has 3 bridgehead atoms. The first-order valence-corrected chi connectivity index (χ1v) is 21.2. The van der Waals surface area contributed by atoms with Crippen LogP contribution in [0.25, 0.3) is 42.4 Å². The fraction of sp³-hybridized carbons (Fsp3) is 0.294. The molecule has 6 aromatic carbocycles. The molecule has 13 rings (SSSR count). The predicted molar refractivity (Wildman–Crippen MR) is 222 cm³/mol. The molecule has 0 saturated heterocycles. The maximum atomic E-state index is 2.70. The molecule has 1 aromatic heterocycles. The quantitative estimate of drug-likeness (QED) is 0.177. The van der Waals surface area contributed by atoms with Crippen LogP contribution < -0.4 is 4.90 Å². The van der Waals surface area contributed by atoms with E-state index in [4.69, 9.17) is 0 Å². The first kappa shape index (κ1) is 29.8. The average Bonchev–Trinajstić information content (AvgIpc) is 4.01. The minimum atomic E-state index is 0.123. The normalized spacial score (nSPS) is 26.4. The van der Waals surface area contributed by atoms with Gasteiger partial charge in [-0.2, -0.15) is 0 Å². The molecule has 6 aliphatic carbocycles. The molecule has 258 valence electrons. The lowest BCUT2D eigenvalue weighted by atomic mass is 9.54. The highest BCUT2D eigenvalue weighted by atomic mass is 32.1. The van der Waals surface area contributed by atoms with Crippen molar-refractivity contribution in [2.75, 3.05) is 4.90 Å². The molecule has 0 radical (unpaired) electrons. The fourth-order valence-corrected chi connectivity index (χ4v) is 14.8. The van der Waals surface area contributed by atoms with E-state index in [0.29, 0.717) is 0 Å². The van der Waals surface area contributed by atoms with Gasteiger partial charge in [-0.1, -0.05) is 97.8 Å². The van der Waals surface area contributed by atoms with Gasteiger partial charge in [0.05, 0.1) is 5.69 Å². The summed E-state index contributed by atoms with van der Waals surface area (Å²) in [4.78, 5) is 2.67. The van der Waals surface area contributed by atoms with Crippen LogP contribution in [0.2, 0.25) is 0 Å². The summed E-state index contributed by atoms with van der Waals surface area (Å²) in [7, 11) is 0. The van der Waals surface area contributed by atoms with Crippen molar-refractivity contribution in [3.63, 3.8) is 0 Å². The van der Waals surface area contributed by atoms with Gasteiger partial charge in [-0.05, 0) is 156 Å². The second-order valence-electron chi connectivity index (χ2n) is 17.5. The van der Waals surface area contributed by atoms with E-state index in [9.17, 15) is 0 Å². The van der Waals surface area contributed by atoms with Gasteiger partial charge in [0, 0.05) is 42.4 Å². The molecule has 0 amide bonds. The van der Waals surface area contributed by atoms with Gasteiger partial charge in [0.15, 0.2) is 0 Å². The van der Waals surface area contributed by atoms with E-state index in [0.717, 1.165) is 23.7 Å². The largest absolute Gasteiger partial charge is 0.310 e. The van der Waals surface area contributed by atoms with Gasteiger partial charge >= 0.3 is 0 Å². The van der Waals surface area contributed by atoms with Gasteiger partial charge < -0.3 is 4.90 Å². The van der Waals surface area contributed by atoms with E-state index in [1.807, 2.05) is 11.3 Å². The van der Waals surface area contributed by atoms with Crippen LogP contribution in [0.4, 0.5) is 17.1 Å². The predicted octanol–water partition coefficient (Wildman–Crippen LogP) is 14.1. The summed E-state index contributed by atoms with van der Waals surface area (Å²) in [6, 6.07) is 50.2. The third-order valence-corrected chi connectivity index (χ3v) is 16.7. The van der Waals surface area contributed by atoms with E-state index in [1.165, 1.54) is 117 Å². The molecule has 5 unspecified atom stereocenters. The van der Waals surface area contributed by atoms with Crippen LogP contribution in [0, 0.1) is 23.7 Å². The first-order valence-electron chi connectivity index (χ1n) is 20.4. The van der Waals surface area contributed by atoms with Crippen LogP contribution in [0.15, 0.2) is 127 Å². The van der Waals surface area contributed by atoms with Gasteiger partial charge in [0.2, 0.25) is 0 Å². The van der Waals surface area contributed by atoms with Crippen LogP contribution in [-0.2, 0) is 10.8 Å². The summed E-state index contributed by atoms with van der Waals surface area (Å²) in [5.41, 5.74) is 16.4. The molecule has 4 saturated carbocycles. The lowest BCUT2D eigenvalue weighted by molar-refractivity contribution is 0.106. The third-order valence-electron chi connectivity index (χ3n) is 15.6. The van der Waals surface area contributed by atoms with Crippen LogP contribution in [-0.4, -0.2) is 0 Å². The van der Waals surface area contributed by atoms with Crippen molar-refractivity contribution in [1.29, 1.82) is 0 Å². The molecular weight excluding hydrogens is 659 g/mol. The molecule has 6 aliphatic rings. The Kier molecular flexibility index (Phi) is 5.90. The van der Waals surface area contributed by atoms with Crippen molar-refractivity contribution in [3.8, 4) is 22.3 Å². The maximum Gasteiger partial charge on any atom is 0.0554 e. The summed E-state index contributed by atoms with van der Waals surface area (Å²) in [5.74, 6) is 3.37. The number of anilines is 3. The van der Waals surface area contributed by atoms with Gasteiger partial charge in [0.1, 0.15) is 0 Å². The maximum absolute atomic E-state index is 2.70. The topological polar surface area (TPSA) is 3.24 Å². The van der Waals surface area contributed by atoms with Crippen molar-refractivity contribution in [2.24, 2.45) is 23.7 Å². The van der Waals surface area contributed by atoms with Gasteiger partial charge in [-0.15, -0.1) is 11.3 Å². The Morgan fingerprint density at radius 1 is 0.509 bits per heavy atom. The standard InChI is InChI=1S/C51H43NS/c1-4-13-42-37(10-1)39-22-20-35(29-44(39)50(42)24-7-8-25-50)52(46-15-9-17-48-49(46)41-12-3-6-16-47(41)53-48)36-21-23-40-38-11-2-5-14-43(38)51(45(40)30-36)33-19-18-31-26-34(51)28-32(31)27-33/h1-6,9-17,20-23,29-34H,7-8,18-19,24-28H2. The monoisotopic (exact) mass is 701 g/mol. The van der Waals surface area contributed by atoms with Crippen LogP contribution in [0.1, 0.15) is 80.0 Å². The zero-order valence-corrected chi connectivity index (χ0v) is 31.0. The number of thiophene rings is 1. The van der Waals surface area contributed by atoms with Crippen molar-refractivity contribution in [3.05, 3.63) is 150 Å². The Hall–Kier alpha value is -4.66. The van der Waals surface area contributed by atoms with Gasteiger partial charge in [-0.3, -0.25) is 0 Å². The second-order valence-corrected chi connectivity index (χ2v) is 18.6. The van der Waals surface area contributed by atoms with Gasteiger partial charge in [-0.25, -0.2) is 0 Å². The van der Waals surface area contributed by atoms with Gasteiger partial charge in [0.25, 0.3) is 0 Å². The fourth-order valence-electron chi connectivity index (χ4n) is 13.7. The van der Waals surface area contributed by atoms with E-state index in [-0.39, 0.29) is 10.8 Å². The molecular formula is C51H43NS. The van der Waals surface area contributed by atoms with E-state index in [2.05, 4.69) is 132 Å². The van der Waals surface area contributed by atoms with Crippen molar-refractivity contribution >= 4 is 48.6 Å². The number of hydrogen-bond acceptors (Lipinski definition) is 2. The number of fused-ring (bicyclic) bond motifs is 17. The van der Waals surface area contributed by atoms with E-state index < -0.39 is 0 Å². The first-order chi connectivity index (χ1) is 26.2. The Labute approximate surface area is 316 Å². The molecule has 4 fully saturated rings. The lowest BCUT2D eigenvalue weighted by Crippen LogP contribution is -2.45. The number of hydrogen-bond donors (Lipinski definition) is 0. The number of benzene rings is 6. The minimum Gasteiger partial charge on any atom is -0.310 e. The molecule has 0 aliphatic heterocycles. The molecule has 0 N–H and O–H groups in total. The Morgan fingerprint density at radius 3 is 2.00 bits per heavy atom. The lowest BCUT2D eigenvalue weighted by Gasteiger charge is -2.49. The van der Waals surface area contributed by atoms with Crippen LogP contribution in [0.5, 0.6) is 0 Å². The molecule has 1 heterocycles.